The van der Waals surface area contributed by atoms with Gasteiger partial charge in [0, 0.05) is 18.3 Å². The van der Waals surface area contributed by atoms with E-state index < -0.39 is 42.7 Å². The monoisotopic (exact) mass is 368 g/mol. The number of aliphatic hydroxyl groups is 2. The molecule has 1 aliphatic carbocycles. The Bertz CT molecular complexity index is 497. The van der Waals surface area contributed by atoms with Crippen molar-refractivity contribution in [2.45, 2.75) is 76.6 Å². The number of hydrogen-bond acceptors (Lipinski definition) is 5. The first kappa shape index (κ1) is 19.4. The van der Waals surface area contributed by atoms with Crippen molar-refractivity contribution >= 4 is 0 Å². The van der Waals surface area contributed by atoms with Crippen molar-refractivity contribution in [1.29, 1.82) is 0 Å². The summed E-state index contributed by atoms with van der Waals surface area (Å²) in [6.07, 6.45) is -4.38. The molecule has 3 rings (SSSR count). The van der Waals surface area contributed by atoms with Gasteiger partial charge in [-0.1, -0.05) is 13.8 Å². The molecule has 8 atom stereocenters. The van der Waals surface area contributed by atoms with Gasteiger partial charge in [-0.2, -0.15) is 13.2 Å². The summed E-state index contributed by atoms with van der Waals surface area (Å²) in [4.78, 5) is 0. The summed E-state index contributed by atoms with van der Waals surface area (Å²) in [5, 5.41) is 21.9. The van der Waals surface area contributed by atoms with Gasteiger partial charge in [-0.15, -0.1) is 0 Å². The second kappa shape index (κ2) is 6.34. The molecule has 4 unspecified atom stereocenters. The second-order valence-corrected chi connectivity index (χ2v) is 8.11. The predicted octanol–water partition coefficient (Wildman–Crippen LogP) is 2.80. The van der Waals surface area contributed by atoms with Crippen LogP contribution in [-0.4, -0.2) is 47.0 Å². The van der Waals surface area contributed by atoms with Gasteiger partial charge in [0.15, 0.2) is 18.4 Å². The zero-order chi connectivity index (χ0) is 18.6. The number of halogens is 3. The molecule has 0 aromatic rings. The fraction of sp³-hybridized carbons (Fsp3) is 1.00. The Kier molecular flexibility index (Phi) is 4.90. The molecule has 2 saturated heterocycles. The van der Waals surface area contributed by atoms with Gasteiger partial charge in [0.25, 0.3) is 0 Å². The summed E-state index contributed by atoms with van der Waals surface area (Å²) < 4.78 is 53.8. The molecular weight excluding hydrogens is 341 g/mol. The Morgan fingerprint density at radius 3 is 2.44 bits per heavy atom. The highest BCUT2D eigenvalue weighted by Gasteiger charge is 2.63. The first-order chi connectivity index (χ1) is 11.4. The molecular formula is C17H27F3O5. The van der Waals surface area contributed by atoms with E-state index in [2.05, 4.69) is 0 Å². The number of ether oxygens (including phenoxy) is 3. The third-order valence-corrected chi connectivity index (χ3v) is 6.20. The fourth-order valence-electron chi connectivity index (χ4n) is 4.90. The molecule has 3 fully saturated rings. The van der Waals surface area contributed by atoms with Gasteiger partial charge in [0.1, 0.15) is 12.2 Å². The molecule has 0 bridgehead atoms. The Hall–Kier alpha value is -0.410. The van der Waals surface area contributed by atoms with E-state index in [4.69, 9.17) is 14.2 Å². The first-order valence-electron chi connectivity index (χ1n) is 8.90. The van der Waals surface area contributed by atoms with Crippen LogP contribution < -0.4 is 0 Å². The van der Waals surface area contributed by atoms with Gasteiger partial charge < -0.3 is 24.4 Å². The SMILES string of the molecule is C[C@H]1C(OCC(F)(F)F)O[C@@H]2OC(C)(O)CCC3[C@H](C)CCC1[C@]32O. The lowest BCUT2D eigenvalue weighted by Crippen LogP contribution is -2.67. The Balaban J connectivity index is 1.89. The highest BCUT2D eigenvalue weighted by atomic mass is 19.4. The maximum atomic E-state index is 12.5. The van der Waals surface area contributed by atoms with E-state index >= 15 is 0 Å². The number of alkyl halides is 3. The van der Waals surface area contributed by atoms with E-state index in [1.165, 1.54) is 6.92 Å². The van der Waals surface area contributed by atoms with Crippen LogP contribution in [0, 0.1) is 23.7 Å². The molecule has 3 aliphatic rings. The standard InChI is InChI=1S/C17H27F3O5/c1-9-4-5-12-10(2)13(23-8-16(18,19)20)24-14-17(12,22)11(9)6-7-15(3,21)25-14/h9-14,21-22H,4-8H2,1-3H3/t9-,10-,11?,12?,13?,14-,15?,17-/m1/s1. The highest BCUT2D eigenvalue weighted by molar-refractivity contribution is 5.07. The topological polar surface area (TPSA) is 68.2 Å². The maximum Gasteiger partial charge on any atom is 0.411 e. The van der Waals surface area contributed by atoms with Crippen molar-refractivity contribution in [3.05, 3.63) is 0 Å². The van der Waals surface area contributed by atoms with Gasteiger partial charge in [0.2, 0.25) is 0 Å². The second-order valence-electron chi connectivity index (χ2n) is 8.11. The zero-order valence-electron chi connectivity index (χ0n) is 14.8. The molecule has 0 aromatic carbocycles. The summed E-state index contributed by atoms with van der Waals surface area (Å²) in [6.45, 7) is 3.86. The van der Waals surface area contributed by atoms with Crippen molar-refractivity contribution in [2.24, 2.45) is 23.7 Å². The molecule has 2 aliphatic heterocycles. The normalized spacial score (nSPS) is 50.9. The molecule has 1 saturated carbocycles. The Morgan fingerprint density at radius 2 is 1.80 bits per heavy atom. The van der Waals surface area contributed by atoms with Gasteiger partial charge in [-0.05, 0) is 38.0 Å². The predicted molar refractivity (Wildman–Crippen MR) is 81.1 cm³/mol. The van der Waals surface area contributed by atoms with Gasteiger partial charge in [-0.25, -0.2) is 0 Å². The third kappa shape index (κ3) is 3.56. The first-order valence-corrected chi connectivity index (χ1v) is 8.90. The minimum Gasteiger partial charge on any atom is -0.384 e. The minimum atomic E-state index is -4.46. The van der Waals surface area contributed by atoms with Crippen LogP contribution in [0.4, 0.5) is 13.2 Å². The summed E-state index contributed by atoms with van der Waals surface area (Å²) >= 11 is 0. The van der Waals surface area contributed by atoms with E-state index in [0.717, 1.165) is 6.42 Å². The summed E-state index contributed by atoms with van der Waals surface area (Å²) in [7, 11) is 0. The van der Waals surface area contributed by atoms with Crippen LogP contribution in [0.3, 0.4) is 0 Å². The quantitative estimate of drug-likeness (QED) is 0.785. The van der Waals surface area contributed by atoms with Crippen molar-refractivity contribution in [2.75, 3.05) is 6.61 Å². The molecule has 2 heterocycles. The molecule has 2 N–H and O–H groups in total. The molecule has 5 nitrogen and oxygen atoms in total. The molecule has 146 valence electrons. The maximum absolute atomic E-state index is 12.5. The lowest BCUT2D eigenvalue weighted by Gasteiger charge is -2.57. The average molecular weight is 368 g/mol. The van der Waals surface area contributed by atoms with Crippen molar-refractivity contribution in [3.63, 3.8) is 0 Å². The van der Waals surface area contributed by atoms with E-state index in [-0.39, 0.29) is 17.8 Å². The lowest BCUT2D eigenvalue weighted by atomic mass is 9.58. The van der Waals surface area contributed by atoms with Gasteiger partial charge in [0.05, 0.1) is 0 Å². The molecule has 0 radical (unpaired) electrons. The van der Waals surface area contributed by atoms with E-state index in [0.29, 0.717) is 19.3 Å². The molecule has 8 heteroatoms. The Labute approximate surface area is 145 Å². The van der Waals surface area contributed by atoms with E-state index in [1.807, 2.05) is 6.92 Å². The average Bonchev–Trinajstić information content (AvgIpc) is 2.57. The van der Waals surface area contributed by atoms with E-state index in [9.17, 15) is 23.4 Å². The summed E-state index contributed by atoms with van der Waals surface area (Å²) in [5.41, 5.74) is -1.34. The molecule has 0 spiro atoms. The Morgan fingerprint density at radius 1 is 1.12 bits per heavy atom. The fourth-order valence-corrected chi connectivity index (χ4v) is 4.90. The van der Waals surface area contributed by atoms with E-state index in [1.54, 1.807) is 6.92 Å². The van der Waals surface area contributed by atoms with Crippen molar-refractivity contribution in [3.8, 4) is 0 Å². The summed E-state index contributed by atoms with van der Waals surface area (Å²) in [5.74, 6) is -2.15. The number of hydrogen-bond donors (Lipinski definition) is 2. The minimum absolute atomic E-state index is 0.142. The molecule has 0 amide bonds. The largest absolute Gasteiger partial charge is 0.411 e. The van der Waals surface area contributed by atoms with Crippen LogP contribution in [0.1, 0.15) is 46.5 Å². The lowest BCUT2D eigenvalue weighted by molar-refractivity contribution is -0.412. The summed E-state index contributed by atoms with van der Waals surface area (Å²) in [6, 6.07) is 0. The highest BCUT2D eigenvalue weighted by Crippen LogP contribution is 2.55. The molecule has 0 aromatic heterocycles. The van der Waals surface area contributed by atoms with Crippen LogP contribution >= 0.6 is 0 Å². The van der Waals surface area contributed by atoms with Crippen LogP contribution in [0.15, 0.2) is 0 Å². The molecule has 25 heavy (non-hydrogen) atoms. The van der Waals surface area contributed by atoms with Crippen LogP contribution in [0.5, 0.6) is 0 Å². The van der Waals surface area contributed by atoms with Crippen LogP contribution in [-0.2, 0) is 14.2 Å². The number of rotatable bonds is 2. The zero-order valence-corrected chi connectivity index (χ0v) is 14.8. The third-order valence-electron chi connectivity index (χ3n) is 6.20. The van der Waals surface area contributed by atoms with Crippen molar-refractivity contribution in [1.82, 2.24) is 0 Å². The van der Waals surface area contributed by atoms with Crippen molar-refractivity contribution < 1.29 is 37.6 Å². The van der Waals surface area contributed by atoms with Gasteiger partial charge >= 0.3 is 6.18 Å². The van der Waals surface area contributed by atoms with Gasteiger partial charge in [-0.3, -0.25) is 0 Å². The van der Waals surface area contributed by atoms with Crippen LogP contribution in [0.25, 0.3) is 0 Å². The van der Waals surface area contributed by atoms with Crippen LogP contribution in [0.2, 0.25) is 0 Å². The smallest absolute Gasteiger partial charge is 0.384 e.